The molecule has 0 unspecified atom stereocenters. The van der Waals surface area contributed by atoms with E-state index in [1.54, 1.807) is 6.07 Å². The Kier molecular flexibility index (Phi) is 1.96. The van der Waals surface area contributed by atoms with Crippen molar-refractivity contribution in [1.82, 2.24) is 0 Å². The quantitative estimate of drug-likeness (QED) is 0.236. The van der Waals surface area contributed by atoms with Crippen molar-refractivity contribution in [2.75, 3.05) is 0 Å². The van der Waals surface area contributed by atoms with Gasteiger partial charge in [0.25, 0.3) is 0 Å². The Bertz CT molecular complexity index is 284. The number of benzene rings is 1. The highest BCUT2D eigenvalue weighted by molar-refractivity contribution is 5.80. The van der Waals surface area contributed by atoms with Crippen molar-refractivity contribution in [2.24, 2.45) is 10.9 Å². The van der Waals surface area contributed by atoms with Crippen LogP contribution in [0.4, 0.5) is 0 Å². The lowest BCUT2D eigenvalue weighted by atomic mass is 10.2. The Morgan fingerprint density at radius 1 is 1.27 bits per heavy atom. The maximum atomic E-state index is 8.97. The van der Waals surface area contributed by atoms with Crippen LogP contribution < -0.4 is 5.84 Å². The zero-order valence-corrected chi connectivity index (χ0v) is 5.73. The van der Waals surface area contributed by atoms with Gasteiger partial charge >= 0.3 is 0 Å². The molecule has 4 nitrogen and oxygen atoms in total. The number of phenols is 2. The summed E-state index contributed by atoms with van der Waals surface area (Å²) in [4.78, 5) is 0. The molecule has 4 N–H and O–H groups in total. The first kappa shape index (κ1) is 7.40. The van der Waals surface area contributed by atoms with Gasteiger partial charge in [-0.2, -0.15) is 5.10 Å². The highest BCUT2D eigenvalue weighted by Crippen LogP contribution is 2.23. The highest BCUT2D eigenvalue weighted by atomic mass is 16.3. The number of nitrogens with two attached hydrogens (primary N) is 1. The largest absolute Gasteiger partial charge is 0.504 e. The van der Waals surface area contributed by atoms with E-state index in [0.717, 1.165) is 0 Å². The molecule has 0 aromatic heterocycles. The summed E-state index contributed by atoms with van der Waals surface area (Å²) in [5.41, 5.74) is 0.641. The van der Waals surface area contributed by atoms with Crippen molar-refractivity contribution < 1.29 is 10.2 Å². The van der Waals surface area contributed by atoms with Crippen molar-refractivity contribution in [3.63, 3.8) is 0 Å². The van der Waals surface area contributed by atoms with E-state index >= 15 is 0 Å². The number of hydrogen-bond acceptors (Lipinski definition) is 4. The molecule has 0 aliphatic rings. The van der Waals surface area contributed by atoms with Crippen LogP contribution >= 0.6 is 0 Å². The van der Waals surface area contributed by atoms with Gasteiger partial charge in [-0.3, -0.25) is 0 Å². The second-order valence-corrected chi connectivity index (χ2v) is 2.03. The molecule has 58 valence electrons. The number of phenolic OH excluding ortho intramolecular Hbond substituents is 2. The van der Waals surface area contributed by atoms with Gasteiger partial charge in [0.05, 0.1) is 6.21 Å². The molecule has 4 heteroatoms. The molecule has 0 radical (unpaired) electrons. The third-order valence-electron chi connectivity index (χ3n) is 1.22. The molecule has 0 aliphatic carbocycles. The topological polar surface area (TPSA) is 78.8 Å². The zero-order valence-electron chi connectivity index (χ0n) is 5.73. The molecule has 0 fully saturated rings. The van der Waals surface area contributed by atoms with E-state index in [-0.39, 0.29) is 11.5 Å². The first-order chi connectivity index (χ1) is 5.24. The molecule has 0 heterocycles. The first-order valence-electron chi connectivity index (χ1n) is 2.99. The van der Waals surface area contributed by atoms with Crippen molar-refractivity contribution in [3.05, 3.63) is 23.8 Å². The summed E-state index contributed by atoms with van der Waals surface area (Å²) >= 11 is 0. The van der Waals surface area contributed by atoms with E-state index in [0.29, 0.717) is 5.56 Å². The fourth-order valence-corrected chi connectivity index (χ4v) is 0.707. The Hall–Kier alpha value is -1.71. The Labute approximate surface area is 63.6 Å². The van der Waals surface area contributed by atoms with Gasteiger partial charge in [0.1, 0.15) is 0 Å². The molecular weight excluding hydrogens is 144 g/mol. The minimum Gasteiger partial charge on any atom is -0.504 e. The van der Waals surface area contributed by atoms with Gasteiger partial charge < -0.3 is 16.1 Å². The van der Waals surface area contributed by atoms with Gasteiger partial charge in [-0.05, 0) is 23.8 Å². The van der Waals surface area contributed by atoms with Crippen molar-refractivity contribution in [3.8, 4) is 11.5 Å². The van der Waals surface area contributed by atoms with Crippen LogP contribution in [-0.4, -0.2) is 16.4 Å². The van der Waals surface area contributed by atoms with Gasteiger partial charge in [0.15, 0.2) is 11.5 Å². The molecule has 0 saturated carbocycles. The van der Waals surface area contributed by atoms with E-state index in [2.05, 4.69) is 5.10 Å². The lowest BCUT2D eigenvalue weighted by molar-refractivity contribution is 0.403. The number of rotatable bonds is 1. The van der Waals surface area contributed by atoms with E-state index in [9.17, 15) is 0 Å². The first-order valence-corrected chi connectivity index (χ1v) is 2.99. The van der Waals surface area contributed by atoms with Crippen molar-refractivity contribution >= 4 is 6.21 Å². The maximum Gasteiger partial charge on any atom is 0.158 e. The summed E-state index contributed by atoms with van der Waals surface area (Å²) in [6.45, 7) is 0. The second kappa shape index (κ2) is 2.92. The van der Waals surface area contributed by atoms with Crippen LogP contribution in [0, 0.1) is 0 Å². The second-order valence-electron chi connectivity index (χ2n) is 2.03. The van der Waals surface area contributed by atoms with Crippen molar-refractivity contribution in [2.45, 2.75) is 0 Å². The predicted octanol–water partition coefficient (Wildman–Crippen LogP) is 0.390. The molecular formula is C7H8N2O2. The van der Waals surface area contributed by atoms with Crippen LogP contribution in [-0.2, 0) is 0 Å². The minimum absolute atomic E-state index is 0.154. The number of hydrogen-bond donors (Lipinski definition) is 3. The molecule has 0 saturated heterocycles. The van der Waals surface area contributed by atoms with Gasteiger partial charge in [-0.1, -0.05) is 0 Å². The lowest BCUT2D eigenvalue weighted by Crippen LogP contribution is -1.85. The fraction of sp³-hybridized carbons (Fsp3) is 0. The molecule has 1 aromatic carbocycles. The summed E-state index contributed by atoms with van der Waals surface area (Å²) in [6, 6.07) is 4.32. The van der Waals surface area contributed by atoms with E-state index in [4.69, 9.17) is 16.1 Å². The molecule has 1 aromatic rings. The van der Waals surface area contributed by atoms with Gasteiger partial charge in [-0.15, -0.1) is 0 Å². The zero-order chi connectivity index (χ0) is 8.27. The molecule has 0 amide bonds. The molecule has 0 aliphatic heterocycles. The van der Waals surface area contributed by atoms with Gasteiger partial charge in [-0.25, -0.2) is 0 Å². The SMILES string of the molecule is N/N=C/c1ccc(O)c(O)c1. The maximum absolute atomic E-state index is 8.97. The summed E-state index contributed by atoms with van der Waals surface area (Å²) in [5, 5.41) is 21.1. The molecule has 0 spiro atoms. The average Bonchev–Trinajstić information content (AvgIpc) is 1.98. The summed E-state index contributed by atoms with van der Waals surface area (Å²) in [7, 11) is 0. The van der Waals surface area contributed by atoms with Crippen molar-refractivity contribution in [1.29, 1.82) is 0 Å². The van der Waals surface area contributed by atoms with E-state index in [1.807, 2.05) is 0 Å². The van der Waals surface area contributed by atoms with E-state index < -0.39 is 0 Å². The number of nitrogens with zero attached hydrogens (tertiary/aromatic N) is 1. The normalized spacial score (nSPS) is 10.5. The smallest absolute Gasteiger partial charge is 0.158 e. The van der Waals surface area contributed by atoms with Crippen LogP contribution in [0.5, 0.6) is 11.5 Å². The molecule has 0 atom stereocenters. The fourth-order valence-electron chi connectivity index (χ4n) is 0.707. The number of aromatic hydroxyl groups is 2. The van der Waals surface area contributed by atoms with Crippen LogP contribution in [0.2, 0.25) is 0 Å². The van der Waals surface area contributed by atoms with E-state index in [1.165, 1.54) is 18.3 Å². The minimum atomic E-state index is -0.178. The van der Waals surface area contributed by atoms with Crippen LogP contribution in [0.1, 0.15) is 5.56 Å². The van der Waals surface area contributed by atoms with Crippen LogP contribution in [0.3, 0.4) is 0 Å². The monoisotopic (exact) mass is 152 g/mol. The molecule has 11 heavy (non-hydrogen) atoms. The van der Waals surface area contributed by atoms with Crippen LogP contribution in [0.15, 0.2) is 23.3 Å². The Balaban J connectivity index is 3.05. The average molecular weight is 152 g/mol. The summed E-state index contributed by atoms with van der Waals surface area (Å²) in [5.74, 6) is 4.54. The van der Waals surface area contributed by atoms with Gasteiger partial charge in [0, 0.05) is 0 Å². The summed E-state index contributed by atoms with van der Waals surface area (Å²) < 4.78 is 0. The predicted molar refractivity (Wildman–Crippen MR) is 41.6 cm³/mol. The van der Waals surface area contributed by atoms with Gasteiger partial charge in [0.2, 0.25) is 0 Å². The Morgan fingerprint density at radius 3 is 2.55 bits per heavy atom. The summed E-state index contributed by atoms with van der Waals surface area (Å²) in [6.07, 6.45) is 1.37. The lowest BCUT2D eigenvalue weighted by Gasteiger charge is -1.96. The molecule has 1 rings (SSSR count). The molecule has 0 bridgehead atoms. The highest BCUT2D eigenvalue weighted by Gasteiger charge is 1.97. The third-order valence-corrected chi connectivity index (χ3v) is 1.22. The van der Waals surface area contributed by atoms with Crippen LogP contribution in [0.25, 0.3) is 0 Å². The standard InChI is InChI=1S/C7H8N2O2/c8-9-4-5-1-2-6(10)7(11)3-5/h1-4,10-11H,8H2/b9-4+. The third kappa shape index (κ3) is 1.61. The Morgan fingerprint density at radius 2 is 2.00 bits per heavy atom. The number of hydrazone groups is 1.